The molecule has 1 aromatic heterocycles. The molecule has 1 fully saturated rings. The van der Waals surface area contributed by atoms with Gasteiger partial charge in [0.2, 0.25) is 0 Å². The number of nitrogens with one attached hydrogen (secondary N) is 1. The summed E-state index contributed by atoms with van der Waals surface area (Å²) in [6.07, 6.45) is 9.35. The monoisotopic (exact) mass is 277 g/mol. The van der Waals surface area contributed by atoms with E-state index in [0.29, 0.717) is 11.5 Å². The minimum Gasteiger partial charge on any atom is -0.337 e. The normalized spacial score (nSPS) is 25.6. The zero-order chi connectivity index (χ0) is 14.8. The number of hydrogen-bond acceptors (Lipinski definition) is 2. The number of aromatic nitrogens is 2. The van der Waals surface area contributed by atoms with Crippen molar-refractivity contribution < 1.29 is 0 Å². The fraction of sp³-hybridized carbons (Fsp3) is 0.824. The van der Waals surface area contributed by atoms with Gasteiger partial charge in [0.25, 0.3) is 0 Å². The van der Waals surface area contributed by atoms with E-state index in [1.54, 1.807) is 0 Å². The van der Waals surface area contributed by atoms with Gasteiger partial charge >= 0.3 is 0 Å². The third-order valence-corrected chi connectivity index (χ3v) is 5.03. The Bertz CT molecular complexity index is 408. The Hall–Kier alpha value is -0.830. The van der Waals surface area contributed by atoms with Crippen molar-refractivity contribution in [3.8, 4) is 0 Å². The van der Waals surface area contributed by atoms with Gasteiger partial charge in [-0.15, -0.1) is 0 Å². The molecule has 0 radical (unpaired) electrons. The second-order valence-corrected chi connectivity index (χ2v) is 7.41. The predicted molar refractivity (Wildman–Crippen MR) is 84.5 cm³/mol. The molecule has 20 heavy (non-hydrogen) atoms. The molecule has 3 heteroatoms. The summed E-state index contributed by atoms with van der Waals surface area (Å²) in [7, 11) is 2.10. The summed E-state index contributed by atoms with van der Waals surface area (Å²) in [5.74, 6) is 2.81. The minimum absolute atomic E-state index is 0.418. The zero-order valence-electron chi connectivity index (χ0n) is 13.8. The minimum atomic E-state index is 0.418. The summed E-state index contributed by atoms with van der Waals surface area (Å²) in [6.45, 7) is 10.4. The van der Waals surface area contributed by atoms with Gasteiger partial charge < -0.3 is 9.88 Å². The van der Waals surface area contributed by atoms with Gasteiger partial charge in [0.05, 0.1) is 6.04 Å². The van der Waals surface area contributed by atoms with Crippen molar-refractivity contribution in [1.82, 2.24) is 14.9 Å². The fourth-order valence-corrected chi connectivity index (χ4v) is 3.68. The Labute approximate surface area is 124 Å². The van der Waals surface area contributed by atoms with E-state index in [0.717, 1.165) is 18.4 Å². The summed E-state index contributed by atoms with van der Waals surface area (Å²) in [5.41, 5.74) is 0.460. The molecule has 0 aliphatic heterocycles. The first kappa shape index (κ1) is 15.6. The number of rotatable bonds is 4. The third kappa shape index (κ3) is 3.43. The quantitative estimate of drug-likeness (QED) is 0.904. The van der Waals surface area contributed by atoms with Crippen LogP contribution < -0.4 is 5.32 Å². The van der Waals surface area contributed by atoms with Gasteiger partial charge in [-0.25, -0.2) is 4.98 Å². The standard InChI is InChI=1S/C17H31N3/c1-6-18-15(16-19-11-12-20(16)5)13-7-9-14(10-8-13)17(2,3)4/h11-15,18H,6-10H2,1-5H3. The lowest BCUT2D eigenvalue weighted by molar-refractivity contribution is 0.130. The second-order valence-electron chi connectivity index (χ2n) is 7.41. The lowest BCUT2D eigenvalue weighted by Gasteiger charge is -2.39. The molecule has 1 heterocycles. The van der Waals surface area contributed by atoms with Gasteiger partial charge in [0, 0.05) is 19.4 Å². The van der Waals surface area contributed by atoms with E-state index in [9.17, 15) is 0 Å². The topological polar surface area (TPSA) is 29.9 Å². The first-order chi connectivity index (χ1) is 9.43. The maximum atomic E-state index is 4.58. The van der Waals surface area contributed by atoms with Crippen molar-refractivity contribution in [3.05, 3.63) is 18.2 Å². The number of nitrogens with zero attached hydrogens (tertiary/aromatic N) is 2. The molecule has 0 aromatic carbocycles. The van der Waals surface area contributed by atoms with E-state index in [4.69, 9.17) is 0 Å². The van der Waals surface area contributed by atoms with Gasteiger partial charge in [-0.2, -0.15) is 0 Å². The maximum Gasteiger partial charge on any atom is 0.125 e. The van der Waals surface area contributed by atoms with Crippen LogP contribution in [0.4, 0.5) is 0 Å². The summed E-state index contributed by atoms with van der Waals surface area (Å²) >= 11 is 0. The van der Waals surface area contributed by atoms with Crippen molar-refractivity contribution >= 4 is 0 Å². The zero-order valence-corrected chi connectivity index (χ0v) is 13.8. The molecule has 0 bridgehead atoms. The highest BCUT2D eigenvalue weighted by atomic mass is 15.1. The predicted octanol–water partition coefficient (Wildman–Crippen LogP) is 3.92. The van der Waals surface area contributed by atoms with Crippen LogP contribution in [-0.2, 0) is 7.05 Å². The second kappa shape index (κ2) is 6.30. The van der Waals surface area contributed by atoms with Crippen LogP contribution in [-0.4, -0.2) is 16.1 Å². The van der Waals surface area contributed by atoms with E-state index in [1.165, 1.54) is 31.5 Å². The van der Waals surface area contributed by atoms with E-state index < -0.39 is 0 Å². The Morgan fingerprint density at radius 3 is 2.40 bits per heavy atom. The average Bonchev–Trinajstić information content (AvgIpc) is 2.81. The van der Waals surface area contributed by atoms with Gasteiger partial charge in [-0.05, 0) is 49.5 Å². The molecule has 114 valence electrons. The van der Waals surface area contributed by atoms with Crippen molar-refractivity contribution in [2.45, 2.75) is 59.4 Å². The van der Waals surface area contributed by atoms with E-state index in [2.05, 4.69) is 55.8 Å². The molecule has 1 unspecified atom stereocenters. The van der Waals surface area contributed by atoms with E-state index in [1.807, 2.05) is 6.20 Å². The molecular weight excluding hydrogens is 246 g/mol. The highest BCUT2D eigenvalue weighted by Gasteiger charge is 2.34. The summed E-state index contributed by atoms with van der Waals surface area (Å²) < 4.78 is 2.17. The highest BCUT2D eigenvalue weighted by molar-refractivity contribution is 5.02. The van der Waals surface area contributed by atoms with Crippen LogP contribution in [0.25, 0.3) is 0 Å². The maximum absolute atomic E-state index is 4.58. The first-order valence-electron chi connectivity index (χ1n) is 8.14. The van der Waals surface area contributed by atoms with Gasteiger partial charge in [-0.1, -0.05) is 27.7 Å². The molecule has 1 atom stereocenters. The van der Waals surface area contributed by atoms with E-state index in [-0.39, 0.29) is 0 Å². The molecule has 3 nitrogen and oxygen atoms in total. The molecular formula is C17H31N3. The summed E-state index contributed by atoms with van der Waals surface area (Å²) in [4.78, 5) is 4.58. The van der Waals surface area contributed by atoms with Crippen molar-refractivity contribution in [1.29, 1.82) is 0 Å². The Morgan fingerprint density at radius 2 is 1.95 bits per heavy atom. The molecule has 1 aliphatic rings. The Balaban J connectivity index is 2.04. The van der Waals surface area contributed by atoms with E-state index >= 15 is 0 Å². The fourth-order valence-electron chi connectivity index (χ4n) is 3.68. The number of hydrogen-bond donors (Lipinski definition) is 1. The van der Waals surface area contributed by atoms with Crippen molar-refractivity contribution in [2.75, 3.05) is 6.54 Å². The molecule has 1 saturated carbocycles. The lowest BCUT2D eigenvalue weighted by Crippen LogP contribution is -2.34. The lowest BCUT2D eigenvalue weighted by atomic mass is 9.68. The summed E-state index contributed by atoms with van der Waals surface area (Å²) in [5, 5.41) is 3.67. The van der Waals surface area contributed by atoms with Crippen molar-refractivity contribution in [3.63, 3.8) is 0 Å². The van der Waals surface area contributed by atoms with Gasteiger partial charge in [0.1, 0.15) is 5.82 Å². The SMILES string of the molecule is CCNC(c1nccn1C)C1CCC(C(C)(C)C)CC1. The van der Waals surface area contributed by atoms with Crippen LogP contribution in [0.15, 0.2) is 12.4 Å². The molecule has 2 rings (SSSR count). The van der Waals surface area contributed by atoms with Crippen LogP contribution in [0.2, 0.25) is 0 Å². The largest absolute Gasteiger partial charge is 0.337 e. The van der Waals surface area contributed by atoms with Gasteiger partial charge in [-0.3, -0.25) is 0 Å². The van der Waals surface area contributed by atoms with Crippen molar-refractivity contribution in [2.24, 2.45) is 24.3 Å². The first-order valence-corrected chi connectivity index (χ1v) is 8.14. The third-order valence-electron chi connectivity index (χ3n) is 5.03. The molecule has 1 aliphatic carbocycles. The van der Waals surface area contributed by atoms with Gasteiger partial charge in [0.15, 0.2) is 0 Å². The van der Waals surface area contributed by atoms with Crippen LogP contribution in [0.5, 0.6) is 0 Å². The molecule has 1 N–H and O–H groups in total. The van der Waals surface area contributed by atoms with Crippen LogP contribution in [0.3, 0.4) is 0 Å². The Morgan fingerprint density at radius 1 is 1.30 bits per heavy atom. The van der Waals surface area contributed by atoms with Crippen LogP contribution in [0, 0.1) is 17.3 Å². The highest BCUT2D eigenvalue weighted by Crippen LogP contribution is 2.43. The molecule has 0 amide bonds. The number of aryl methyl sites for hydroxylation is 1. The molecule has 0 saturated heterocycles. The Kier molecular flexibility index (Phi) is 4.90. The molecule has 0 spiro atoms. The smallest absolute Gasteiger partial charge is 0.125 e. The molecule has 1 aromatic rings. The summed E-state index contributed by atoms with van der Waals surface area (Å²) in [6, 6.07) is 0.418. The average molecular weight is 277 g/mol. The van der Waals surface area contributed by atoms with Crippen LogP contribution >= 0.6 is 0 Å². The van der Waals surface area contributed by atoms with Crippen LogP contribution in [0.1, 0.15) is 65.2 Å². The number of imidazole rings is 1.